The molecule has 19 heavy (non-hydrogen) atoms. The van der Waals surface area contributed by atoms with Crippen molar-refractivity contribution in [1.29, 1.82) is 0 Å². The van der Waals surface area contributed by atoms with E-state index in [1.54, 1.807) is 0 Å². The quantitative estimate of drug-likeness (QED) is 0.884. The third-order valence-corrected chi connectivity index (χ3v) is 4.04. The van der Waals surface area contributed by atoms with Gasteiger partial charge < -0.3 is 10.2 Å². The summed E-state index contributed by atoms with van der Waals surface area (Å²) in [6, 6.07) is 6.95. The highest BCUT2D eigenvalue weighted by atomic mass is 15.1. The first-order chi connectivity index (χ1) is 9.31. The van der Waals surface area contributed by atoms with E-state index in [9.17, 15) is 0 Å². The third-order valence-electron chi connectivity index (χ3n) is 4.04. The molecule has 2 nitrogen and oxygen atoms in total. The van der Waals surface area contributed by atoms with Gasteiger partial charge in [0.15, 0.2) is 0 Å². The second kappa shape index (κ2) is 7.54. The van der Waals surface area contributed by atoms with Crippen LogP contribution in [-0.4, -0.2) is 19.6 Å². The van der Waals surface area contributed by atoms with Crippen LogP contribution in [0.5, 0.6) is 0 Å². The molecule has 1 aromatic rings. The van der Waals surface area contributed by atoms with Crippen molar-refractivity contribution in [2.45, 2.75) is 52.5 Å². The molecule has 106 valence electrons. The van der Waals surface area contributed by atoms with Crippen molar-refractivity contribution >= 4 is 5.69 Å². The van der Waals surface area contributed by atoms with Gasteiger partial charge in [-0.05, 0) is 43.5 Å². The van der Waals surface area contributed by atoms with Gasteiger partial charge in [0.1, 0.15) is 0 Å². The SMILES string of the molecule is CCNCc1ccc(N2CCCCCCC2)c(C)c1. The van der Waals surface area contributed by atoms with E-state index in [0.717, 1.165) is 13.1 Å². The average molecular weight is 260 g/mol. The molecule has 0 unspecified atom stereocenters. The monoisotopic (exact) mass is 260 g/mol. The fourth-order valence-corrected chi connectivity index (χ4v) is 2.94. The smallest absolute Gasteiger partial charge is 0.0396 e. The van der Waals surface area contributed by atoms with Gasteiger partial charge in [-0.1, -0.05) is 38.3 Å². The van der Waals surface area contributed by atoms with Gasteiger partial charge in [0.2, 0.25) is 0 Å². The molecule has 0 amide bonds. The molecule has 0 radical (unpaired) electrons. The highest BCUT2D eigenvalue weighted by Crippen LogP contribution is 2.24. The van der Waals surface area contributed by atoms with Crippen LogP contribution in [0.3, 0.4) is 0 Å². The summed E-state index contributed by atoms with van der Waals surface area (Å²) < 4.78 is 0. The van der Waals surface area contributed by atoms with Gasteiger partial charge in [0.25, 0.3) is 0 Å². The van der Waals surface area contributed by atoms with Gasteiger partial charge in [0.05, 0.1) is 0 Å². The topological polar surface area (TPSA) is 15.3 Å². The van der Waals surface area contributed by atoms with Crippen molar-refractivity contribution < 1.29 is 0 Å². The molecular formula is C17H28N2. The van der Waals surface area contributed by atoms with Crippen molar-refractivity contribution in [1.82, 2.24) is 5.32 Å². The van der Waals surface area contributed by atoms with E-state index in [4.69, 9.17) is 0 Å². The summed E-state index contributed by atoms with van der Waals surface area (Å²) in [4.78, 5) is 2.59. The molecule has 1 aromatic carbocycles. The summed E-state index contributed by atoms with van der Waals surface area (Å²) in [7, 11) is 0. The first-order valence-electron chi connectivity index (χ1n) is 7.86. The third kappa shape index (κ3) is 4.24. The van der Waals surface area contributed by atoms with E-state index in [-0.39, 0.29) is 0 Å². The standard InChI is InChI=1S/C17H28N2/c1-3-18-14-16-9-10-17(15(2)13-16)19-11-7-5-4-6-8-12-19/h9-10,13,18H,3-8,11-12,14H2,1-2H3. The summed E-state index contributed by atoms with van der Waals surface area (Å²) in [6.45, 7) is 8.89. The maximum atomic E-state index is 3.40. The Bertz CT molecular complexity index is 379. The Labute approximate surface area is 118 Å². The number of benzene rings is 1. The van der Waals surface area contributed by atoms with E-state index < -0.39 is 0 Å². The second-order valence-electron chi connectivity index (χ2n) is 5.66. The molecule has 0 aliphatic carbocycles. The zero-order chi connectivity index (χ0) is 13.5. The number of nitrogens with zero attached hydrogens (tertiary/aromatic N) is 1. The fraction of sp³-hybridized carbons (Fsp3) is 0.647. The molecule has 1 fully saturated rings. The lowest BCUT2D eigenvalue weighted by Crippen LogP contribution is -2.27. The van der Waals surface area contributed by atoms with Crippen molar-refractivity contribution in [3.05, 3.63) is 29.3 Å². The van der Waals surface area contributed by atoms with E-state index in [1.165, 1.54) is 62.0 Å². The number of hydrogen-bond acceptors (Lipinski definition) is 2. The van der Waals surface area contributed by atoms with E-state index in [2.05, 4.69) is 42.3 Å². The van der Waals surface area contributed by atoms with Crippen LogP contribution in [0, 0.1) is 6.92 Å². The predicted octanol–water partition coefficient (Wildman–Crippen LogP) is 3.88. The van der Waals surface area contributed by atoms with Gasteiger partial charge in [-0.2, -0.15) is 0 Å². The summed E-state index contributed by atoms with van der Waals surface area (Å²) in [5, 5.41) is 3.40. The number of rotatable bonds is 4. The summed E-state index contributed by atoms with van der Waals surface area (Å²) >= 11 is 0. The Morgan fingerprint density at radius 3 is 2.37 bits per heavy atom. The van der Waals surface area contributed by atoms with Crippen LogP contribution in [0.2, 0.25) is 0 Å². The summed E-state index contributed by atoms with van der Waals surface area (Å²) in [6.07, 6.45) is 6.91. The van der Waals surface area contributed by atoms with Gasteiger partial charge in [-0.15, -0.1) is 0 Å². The molecule has 2 heteroatoms. The van der Waals surface area contributed by atoms with Gasteiger partial charge >= 0.3 is 0 Å². The average Bonchev–Trinajstić information content (AvgIpc) is 2.37. The van der Waals surface area contributed by atoms with Crippen molar-refractivity contribution in [3.63, 3.8) is 0 Å². The van der Waals surface area contributed by atoms with Crippen molar-refractivity contribution in [2.75, 3.05) is 24.5 Å². The fourth-order valence-electron chi connectivity index (χ4n) is 2.94. The molecule has 1 saturated heterocycles. The number of nitrogens with one attached hydrogen (secondary N) is 1. The molecule has 0 aromatic heterocycles. The largest absolute Gasteiger partial charge is 0.371 e. The lowest BCUT2D eigenvalue weighted by atomic mass is 10.0. The number of aryl methyl sites for hydroxylation is 1. The van der Waals surface area contributed by atoms with Crippen LogP contribution in [-0.2, 0) is 6.54 Å². The van der Waals surface area contributed by atoms with Crippen LogP contribution in [0.15, 0.2) is 18.2 Å². The molecule has 0 spiro atoms. The highest BCUT2D eigenvalue weighted by Gasteiger charge is 2.11. The Balaban J connectivity index is 2.05. The molecule has 1 aliphatic rings. The predicted molar refractivity (Wildman–Crippen MR) is 83.9 cm³/mol. The highest BCUT2D eigenvalue weighted by molar-refractivity contribution is 5.54. The van der Waals surface area contributed by atoms with Crippen LogP contribution in [0.1, 0.15) is 50.2 Å². The van der Waals surface area contributed by atoms with Crippen LogP contribution < -0.4 is 10.2 Å². The minimum atomic E-state index is 0.984. The lowest BCUT2D eigenvalue weighted by molar-refractivity contribution is 0.556. The molecule has 2 rings (SSSR count). The molecule has 1 N–H and O–H groups in total. The van der Waals surface area contributed by atoms with Gasteiger partial charge in [-0.25, -0.2) is 0 Å². The molecule has 0 saturated carbocycles. The zero-order valence-corrected chi connectivity index (χ0v) is 12.5. The maximum Gasteiger partial charge on any atom is 0.0396 e. The van der Waals surface area contributed by atoms with Crippen molar-refractivity contribution in [3.8, 4) is 0 Å². The molecule has 0 bridgehead atoms. The Kier molecular flexibility index (Phi) is 5.71. The molecule has 0 atom stereocenters. The molecule has 1 aliphatic heterocycles. The molecular weight excluding hydrogens is 232 g/mol. The van der Waals surface area contributed by atoms with E-state index in [0.29, 0.717) is 0 Å². The van der Waals surface area contributed by atoms with Crippen LogP contribution in [0.25, 0.3) is 0 Å². The number of anilines is 1. The Hall–Kier alpha value is -1.02. The normalized spacial score (nSPS) is 17.1. The number of hydrogen-bond donors (Lipinski definition) is 1. The van der Waals surface area contributed by atoms with E-state index in [1.807, 2.05) is 0 Å². The molecule has 1 heterocycles. The summed E-state index contributed by atoms with van der Waals surface area (Å²) in [5.74, 6) is 0. The first kappa shape index (κ1) is 14.4. The second-order valence-corrected chi connectivity index (χ2v) is 5.66. The van der Waals surface area contributed by atoms with Gasteiger partial charge in [0, 0.05) is 25.3 Å². The Morgan fingerprint density at radius 2 is 1.74 bits per heavy atom. The van der Waals surface area contributed by atoms with Crippen molar-refractivity contribution in [2.24, 2.45) is 0 Å². The van der Waals surface area contributed by atoms with Crippen LogP contribution >= 0.6 is 0 Å². The lowest BCUT2D eigenvalue weighted by Gasteiger charge is -2.28. The zero-order valence-electron chi connectivity index (χ0n) is 12.5. The van der Waals surface area contributed by atoms with Gasteiger partial charge in [-0.3, -0.25) is 0 Å². The maximum absolute atomic E-state index is 3.40. The van der Waals surface area contributed by atoms with Crippen LogP contribution in [0.4, 0.5) is 5.69 Å². The van der Waals surface area contributed by atoms with E-state index >= 15 is 0 Å². The minimum Gasteiger partial charge on any atom is -0.371 e. The first-order valence-corrected chi connectivity index (χ1v) is 7.86. The summed E-state index contributed by atoms with van der Waals surface area (Å²) in [5.41, 5.74) is 4.27. The minimum absolute atomic E-state index is 0.984. The Morgan fingerprint density at radius 1 is 1.05 bits per heavy atom.